The smallest absolute Gasteiger partial charge is 0.0462 e. The van der Waals surface area contributed by atoms with E-state index in [2.05, 4.69) is 36.5 Å². The SMILES string of the molecule is CCNC(CCCOC)C1C2CCc3ccccc3C21. The van der Waals surface area contributed by atoms with Gasteiger partial charge in [0.25, 0.3) is 0 Å². The molecular weight excluding hydrogens is 246 g/mol. The van der Waals surface area contributed by atoms with Crippen LogP contribution in [0, 0.1) is 11.8 Å². The van der Waals surface area contributed by atoms with Gasteiger partial charge >= 0.3 is 0 Å². The molecule has 0 bridgehead atoms. The molecule has 0 spiro atoms. The Morgan fingerprint density at radius 3 is 3.00 bits per heavy atom. The van der Waals surface area contributed by atoms with E-state index in [1.54, 1.807) is 18.2 Å². The molecule has 1 fully saturated rings. The van der Waals surface area contributed by atoms with Crippen molar-refractivity contribution in [1.82, 2.24) is 5.32 Å². The van der Waals surface area contributed by atoms with Crippen molar-refractivity contribution >= 4 is 0 Å². The summed E-state index contributed by atoms with van der Waals surface area (Å²) < 4.78 is 5.22. The molecule has 4 atom stereocenters. The van der Waals surface area contributed by atoms with Crippen molar-refractivity contribution in [2.75, 3.05) is 20.3 Å². The molecular formula is C18H27NO. The first kappa shape index (κ1) is 14.1. The van der Waals surface area contributed by atoms with Crippen LogP contribution in [-0.4, -0.2) is 26.3 Å². The van der Waals surface area contributed by atoms with E-state index in [4.69, 9.17) is 4.74 Å². The van der Waals surface area contributed by atoms with Crippen molar-refractivity contribution in [2.24, 2.45) is 11.8 Å². The third-order valence-electron chi connectivity index (χ3n) is 5.19. The van der Waals surface area contributed by atoms with Crippen LogP contribution in [0.25, 0.3) is 0 Å². The molecule has 2 heteroatoms. The minimum Gasteiger partial charge on any atom is -0.385 e. The maximum atomic E-state index is 5.22. The molecule has 1 saturated carbocycles. The summed E-state index contributed by atoms with van der Waals surface area (Å²) in [4.78, 5) is 0. The van der Waals surface area contributed by atoms with Crippen LogP contribution in [0.5, 0.6) is 0 Å². The summed E-state index contributed by atoms with van der Waals surface area (Å²) in [6.45, 7) is 4.19. The molecule has 0 aromatic heterocycles. The maximum Gasteiger partial charge on any atom is 0.0462 e. The molecule has 1 N–H and O–H groups in total. The van der Waals surface area contributed by atoms with E-state index in [1.165, 1.54) is 25.7 Å². The summed E-state index contributed by atoms with van der Waals surface area (Å²) in [6.07, 6.45) is 5.09. The Morgan fingerprint density at radius 1 is 1.35 bits per heavy atom. The Kier molecular flexibility index (Phi) is 4.42. The quantitative estimate of drug-likeness (QED) is 0.769. The monoisotopic (exact) mass is 273 g/mol. The molecule has 1 aromatic carbocycles. The van der Waals surface area contributed by atoms with Crippen molar-refractivity contribution in [3.63, 3.8) is 0 Å². The molecule has 0 heterocycles. The van der Waals surface area contributed by atoms with E-state index >= 15 is 0 Å². The van der Waals surface area contributed by atoms with Crippen LogP contribution in [-0.2, 0) is 11.2 Å². The molecule has 0 radical (unpaired) electrons. The number of methoxy groups -OCH3 is 1. The molecule has 4 unspecified atom stereocenters. The Hall–Kier alpha value is -0.860. The summed E-state index contributed by atoms with van der Waals surface area (Å²) in [6, 6.07) is 9.77. The number of ether oxygens (including phenoxy) is 1. The number of rotatable bonds is 7. The van der Waals surface area contributed by atoms with E-state index in [-0.39, 0.29) is 0 Å². The molecule has 110 valence electrons. The predicted molar refractivity (Wildman–Crippen MR) is 83.1 cm³/mol. The number of fused-ring (bicyclic) bond motifs is 3. The largest absolute Gasteiger partial charge is 0.385 e. The molecule has 2 nitrogen and oxygen atoms in total. The molecule has 2 aliphatic carbocycles. The lowest BCUT2D eigenvalue weighted by Crippen LogP contribution is -2.32. The van der Waals surface area contributed by atoms with E-state index < -0.39 is 0 Å². The summed E-state index contributed by atoms with van der Waals surface area (Å²) in [5.74, 6) is 2.61. The first-order valence-corrected chi connectivity index (χ1v) is 8.17. The Labute approximate surface area is 122 Å². The Morgan fingerprint density at radius 2 is 2.20 bits per heavy atom. The van der Waals surface area contributed by atoms with Gasteiger partial charge in [-0.25, -0.2) is 0 Å². The maximum absolute atomic E-state index is 5.22. The summed E-state index contributed by atoms with van der Waals surface area (Å²) in [5.41, 5.74) is 3.24. The lowest BCUT2D eigenvalue weighted by atomic mass is 9.92. The highest BCUT2D eigenvalue weighted by Gasteiger charge is 2.55. The van der Waals surface area contributed by atoms with Gasteiger partial charge in [-0.1, -0.05) is 31.2 Å². The predicted octanol–water partition coefficient (Wildman–Crippen LogP) is 3.37. The van der Waals surface area contributed by atoms with E-state index in [0.717, 1.165) is 30.9 Å². The topological polar surface area (TPSA) is 21.3 Å². The van der Waals surface area contributed by atoms with Crippen LogP contribution in [0.2, 0.25) is 0 Å². The van der Waals surface area contributed by atoms with Gasteiger partial charge < -0.3 is 10.1 Å². The minimum atomic E-state index is 0.677. The summed E-state index contributed by atoms with van der Waals surface area (Å²) >= 11 is 0. The van der Waals surface area contributed by atoms with Gasteiger partial charge in [-0.3, -0.25) is 0 Å². The fraction of sp³-hybridized carbons (Fsp3) is 0.667. The van der Waals surface area contributed by atoms with Gasteiger partial charge in [-0.05, 0) is 61.1 Å². The zero-order valence-electron chi connectivity index (χ0n) is 12.8. The highest BCUT2D eigenvalue weighted by atomic mass is 16.5. The van der Waals surface area contributed by atoms with Crippen LogP contribution in [0.1, 0.15) is 43.2 Å². The standard InChI is InChI=1S/C18H27NO/c1-3-19-16(9-6-12-20-2)18-15-11-10-13-7-4-5-8-14(13)17(15)18/h4-5,7-8,15-19H,3,6,9-12H2,1-2H3. The summed E-state index contributed by atoms with van der Waals surface area (Å²) in [5, 5.41) is 3.74. The van der Waals surface area contributed by atoms with Gasteiger partial charge in [-0.2, -0.15) is 0 Å². The van der Waals surface area contributed by atoms with Gasteiger partial charge in [0, 0.05) is 19.8 Å². The zero-order valence-corrected chi connectivity index (χ0v) is 12.8. The van der Waals surface area contributed by atoms with Crippen LogP contribution in [0.15, 0.2) is 24.3 Å². The van der Waals surface area contributed by atoms with Crippen molar-refractivity contribution in [3.05, 3.63) is 35.4 Å². The average molecular weight is 273 g/mol. The Balaban J connectivity index is 1.69. The molecule has 2 aliphatic rings. The normalized spacial score (nSPS) is 28.6. The van der Waals surface area contributed by atoms with Gasteiger partial charge in [0.05, 0.1) is 0 Å². The zero-order chi connectivity index (χ0) is 13.9. The van der Waals surface area contributed by atoms with Gasteiger partial charge in [0.2, 0.25) is 0 Å². The average Bonchev–Trinajstić information content (AvgIpc) is 3.21. The lowest BCUT2D eigenvalue weighted by molar-refractivity contribution is 0.187. The molecule has 0 saturated heterocycles. The molecule has 0 aliphatic heterocycles. The van der Waals surface area contributed by atoms with Crippen molar-refractivity contribution < 1.29 is 4.74 Å². The van der Waals surface area contributed by atoms with Crippen molar-refractivity contribution in [2.45, 2.75) is 44.6 Å². The number of hydrogen-bond donors (Lipinski definition) is 1. The van der Waals surface area contributed by atoms with Crippen LogP contribution >= 0.6 is 0 Å². The van der Waals surface area contributed by atoms with E-state index in [9.17, 15) is 0 Å². The highest BCUT2D eigenvalue weighted by Crippen LogP contribution is 2.61. The van der Waals surface area contributed by atoms with Gasteiger partial charge in [0.15, 0.2) is 0 Å². The number of nitrogens with one attached hydrogen (secondary N) is 1. The lowest BCUT2D eigenvalue weighted by Gasteiger charge is -2.18. The van der Waals surface area contributed by atoms with Gasteiger partial charge in [0.1, 0.15) is 0 Å². The van der Waals surface area contributed by atoms with E-state index in [1.807, 2.05) is 0 Å². The van der Waals surface area contributed by atoms with E-state index in [0.29, 0.717) is 6.04 Å². The van der Waals surface area contributed by atoms with Crippen LogP contribution in [0.3, 0.4) is 0 Å². The number of hydrogen-bond acceptors (Lipinski definition) is 2. The second-order valence-corrected chi connectivity index (χ2v) is 6.30. The second-order valence-electron chi connectivity index (χ2n) is 6.30. The summed E-state index contributed by atoms with van der Waals surface area (Å²) in [7, 11) is 1.80. The highest BCUT2D eigenvalue weighted by molar-refractivity contribution is 5.40. The molecule has 0 amide bonds. The molecule has 1 aromatic rings. The van der Waals surface area contributed by atoms with Crippen molar-refractivity contribution in [3.8, 4) is 0 Å². The first-order chi connectivity index (χ1) is 9.86. The Bertz CT molecular complexity index is 445. The van der Waals surface area contributed by atoms with Crippen molar-refractivity contribution in [1.29, 1.82) is 0 Å². The molecule has 20 heavy (non-hydrogen) atoms. The second kappa shape index (κ2) is 6.28. The minimum absolute atomic E-state index is 0.677. The first-order valence-electron chi connectivity index (χ1n) is 8.17. The van der Waals surface area contributed by atoms with Gasteiger partial charge in [-0.15, -0.1) is 0 Å². The van der Waals surface area contributed by atoms with Crippen LogP contribution in [0.4, 0.5) is 0 Å². The third-order valence-corrected chi connectivity index (χ3v) is 5.19. The fourth-order valence-electron chi connectivity index (χ4n) is 4.31. The van der Waals surface area contributed by atoms with Crippen LogP contribution < -0.4 is 5.32 Å². The number of aryl methyl sites for hydroxylation is 1. The molecule has 3 rings (SSSR count). The number of benzene rings is 1. The third kappa shape index (κ3) is 2.64. The fourth-order valence-corrected chi connectivity index (χ4v) is 4.31.